The number of hydrogen-bond donors (Lipinski definition) is 2. The number of likely N-dealkylation sites (tertiary alicyclic amines) is 1. The second kappa shape index (κ2) is 10.9. The highest BCUT2D eigenvalue weighted by Crippen LogP contribution is 2.40. The number of carbonyl (C=O) groups is 1. The van der Waals surface area contributed by atoms with E-state index in [1.54, 1.807) is 6.92 Å². The summed E-state index contributed by atoms with van der Waals surface area (Å²) in [5, 5.41) is 9.37. The second-order valence-electron chi connectivity index (χ2n) is 10.1. The lowest BCUT2D eigenvalue weighted by Gasteiger charge is -2.37. The van der Waals surface area contributed by atoms with Gasteiger partial charge in [-0.05, 0) is 49.6 Å². The van der Waals surface area contributed by atoms with Gasteiger partial charge in [-0.3, -0.25) is 14.1 Å². The first-order chi connectivity index (χ1) is 19.4. The molecule has 3 aromatic rings. The van der Waals surface area contributed by atoms with Crippen molar-refractivity contribution in [2.75, 3.05) is 38.0 Å². The number of aromatic nitrogens is 2. The largest absolute Gasteiger partial charge is 0.465 e. The van der Waals surface area contributed by atoms with E-state index in [2.05, 4.69) is 9.71 Å². The van der Waals surface area contributed by atoms with E-state index in [4.69, 9.17) is 9.47 Å². The summed E-state index contributed by atoms with van der Waals surface area (Å²) in [6.45, 7) is 2.67. The van der Waals surface area contributed by atoms with Gasteiger partial charge in [0.05, 0.1) is 41.2 Å². The van der Waals surface area contributed by atoms with Gasteiger partial charge in [0.15, 0.2) is 11.6 Å². The summed E-state index contributed by atoms with van der Waals surface area (Å²) < 4.78 is 70.5. The maximum absolute atomic E-state index is 15.2. The van der Waals surface area contributed by atoms with Crippen LogP contribution in [-0.2, 0) is 14.9 Å². The van der Waals surface area contributed by atoms with Crippen LogP contribution in [0.1, 0.15) is 32.2 Å². The lowest BCUT2D eigenvalue weighted by molar-refractivity contribution is -0.0396. The zero-order valence-electron chi connectivity index (χ0n) is 22.3. The van der Waals surface area contributed by atoms with Gasteiger partial charge in [-0.15, -0.1) is 0 Å². The van der Waals surface area contributed by atoms with Crippen molar-refractivity contribution in [2.45, 2.75) is 37.8 Å². The quantitative estimate of drug-likeness (QED) is 0.424. The molecule has 220 valence electrons. The number of nitrogens with one attached hydrogen (secondary N) is 1. The fourth-order valence-corrected chi connectivity index (χ4v) is 6.03. The maximum Gasteiger partial charge on any atom is 0.407 e. The van der Waals surface area contributed by atoms with E-state index in [0.29, 0.717) is 37.9 Å². The Kier molecular flexibility index (Phi) is 7.61. The number of amides is 1. The first-order valence-corrected chi connectivity index (χ1v) is 14.4. The normalized spacial score (nSPS) is 18.8. The van der Waals surface area contributed by atoms with Crippen LogP contribution in [0.5, 0.6) is 11.5 Å². The number of halogens is 2. The fraction of sp³-hybridized carbons (Fsp3) is 0.423. The number of anilines is 1. The van der Waals surface area contributed by atoms with Gasteiger partial charge in [0.1, 0.15) is 5.75 Å². The molecule has 2 saturated heterocycles. The number of benzene rings is 2. The molecule has 0 bridgehead atoms. The topological polar surface area (TPSA) is 143 Å². The molecule has 1 aromatic heterocycles. The van der Waals surface area contributed by atoms with E-state index in [1.165, 1.54) is 41.0 Å². The molecule has 2 aromatic carbocycles. The fourth-order valence-electron chi connectivity index (χ4n) is 5.10. The van der Waals surface area contributed by atoms with Crippen LogP contribution in [0.3, 0.4) is 0 Å². The van der Waals surface area contributed by atoms with Gasteiger partial charge in [0.2, 0.25) is 5.75 Å². The zero-order chi connectivity index (χ0) is 29.5. The Labute approximate surface area is 234 Å². The van der Waals surface area contributed by atoms with Crippen molar-refractivity contribution in [3.05, 3.63) is 58.6 Å². The first-order valence-electron chi connectivity index (χ1n) is 13.0. The summed E-state index contributed by atoms with van der Waals surface area (Å²) in [6.07, 6.45) is 2.00. The van der Waals surface area contributed by atoms with Crippen LogP contribution in [0.25, 0.3) is 10.9 Å². The van der Waals surface area contributed by atoms with Crippen LogP contribution in [0, 0.1) is 11.6 Å². The monoisotopic (exact) mass is 593 g/mol. The molecule has 3 heterocycles. The highest BCUT2D eigenvalue weighted by atomic mass is 32.2. The van der Waals surface area contributed by atoms with Gasteiger partial charge in [-0.25, -0.2) is 18.6 Å². The molecule has 5 rings (SSSR count). The van der Waals surface area contributed by atoms with Gasteiger partial charge in [-0.2, -0.15) is 12.7 Å². The van der Waals surface area contributed by atoms with E-state index >= 15 is 4.39 Å². The lowest BCUT2D eigenvalue weighted by Crippen LogP contribution is -2.46. The molecular weight excluding hydrogens is 564 g/mol. The zero-order valence-corrected chi connectivity index (χ0v) is 23.2. The van der Waals surface area contributed by atoms with Crippen molar-refractivity contribution < 1.29 is 36.6 Å². The molecule has 2 N–H and O–H groups in total. The Morgan fingerprint density at radius 1 is 1.27 bits per heavy atom. The number of nitrogens with zero attached hydrogens (tertiary/aromatic N) is 4. The highest BCUT2D eigenvalue weighted by molar-refractivity contribution is 7.90. The number of ether oxygens (including phenoxy) is 2. The van der Waals surface area contributed by atoms with Crippen LogP contribution < -0.4 is 15.0 Å². The van der Waals surface area contributed by atoms with Crippen molar-refractivity contribution in [1.29, 1.82) is 0 Å². The second-order valence-corrected chi connectivity index (χ2v) is 11.9. The summed E-state index contributed by atoms with van der Waals surface area (Å²) in [7, 11) is -2.78. The standard InChI is InChI=1S/C26H29F2N5O7S/c1-3-31(2)41(37,38)30-21-7-5-19(27)23(22(21)28)40-17-4-6-20-18(12-17)24(34)33(15-29-20)16-13-26(39-14-16)8-10-32(11-9-26)25(35)36/h4-7,12,15-16,30H,3,8-11,13-14H2,1-2H3,(H,35,36). The third-order valence-corrected chi connectivity index (χ3v) is 9.20. The molecule has 0 aliphatic carbocycles. The summed E-state index contributed by atoms with van der Waals surface area (Å²) in [6, 6.07) is 5.67. The molecule has 1 spiro atoms. The van der Waals surface area contributed by atoms with E-state index in [1.807, 2.05) is 0 Å². The molecule has 0 radical (unpaired) electrons. The van der Waals surface area contributed by atoms with E-state index < -0.39 is 50.5 Å². The van der Waals surface area contributed by atoms with E-state index in [9.17, 15) is 27.5 Å². The van der Waals surface area contributed by atoms with Crippen molar-refractivity contribution in [3.8, 4) is 11.5 Å². The van der Waals surface area contributed by atoms with Crippen molar-refractivity contribution >= 4 is 32.9 Å². The van der Waals surface area contributed by atoms with Crippen LogP contribution in [0.15, 0.2) is 41.5 Å². The Morgan fingerprint density at radius 3 is 2.68 bits per heavy atom. The molecule has 1 atom stereocenters. The highest BCUT2D eigenvalue weighted by Gasteiger charge is 2.44. The molecule has 41 heavy (non-hydrogen) atoms. The molecule has 15 heteroatoms. The van der Waals surface area contributed by atoms with E-state index in [-0.39, 0.29) is 30.3 Å². The average molecular weight is 594 g/mol. The summed E-state index contributed by atoms with van der Waals surface area (Å²) >= 11 is 0. The third-order valence-electron chi connectivity index (χ3n) is 7.65. The minimum Gasteiger partial charge on any atom is -0.465 e. The lowest BCUT2D eigenvalue weighted by atomic mass is 9.87. The molecule has 1 unspecified atom stereocenters. The maximum atomic E-state index is 15.2. The Morgan fingerprint density at radius 2 is 2.00 bits per heavy atom. The van der Waals surface area contributed by atoms with Crippen LogP contribution in [0.2, 0.25) is 0 Å². The predicted molar refractivity (Wildman–Crippen MR) is 144 cm³/mol. The van der Waals surface area contributed by atoms with Crippen molar-refractivity contribution in [2.24, 2.45) is 0 Å². The molecule has 2 aliphatic rings. The van der Waals surface area contributed by atoms with Gasteiger partial charge in [-0.1, -0.05) is 6.92 Å². The smallest absolute Gasteiger partial charge is 0.407 e. The van der Waals surface area contributed by atoms with Crippen LogP contribution in [-0.4, -0.2) is 77.3 Å². The Bertz CT molecular complexity index is 1660. The van der Waals surface area contributed by atoms with Crippen LogP contribution >= 0.6 is 0 Å². The minimum atomic E-state index is -4.08. The summed E-state index contributed by atoms with van der Waals surface area (Å²) in [5.41, 5.74) is -1.09. The number of fused-ring (bicyclic) bond motifs is 1. The molecule has 2 fully saturated rings. The van der Waals surface area contributed by atoms with Crippen molar-refractivity contribution in [3.63, 3.8) is 0 Å². The molecular formula is C26H29F2N5O7S. The first kappa shape index (κ1) is 28.7. The van der Waals surface area contributed by atoms with Crippen LogP contribution in [0.4, 0.5) is 19.3 Å². The predicted octanol–water partition coefficient (Wildman–Crippen LogP) is 3.55. The minimum absolute atomic E-state index is 0.0576. The Hall–Kier alpha value is -3.82. The average Bonchev–Trinajstić information content (AvgIpc) is 3.35. The van der Waals surface area contributed by atoms with Gasteiger partial charge in [0, 0.05) is 26.7 Å². The van der Waals surface area contributed by atoms with Gasteiger partial charge in [0.25, 0.3) is 5.56 Å². The Balaban J connectivity index is 1.40. The number of hydrogen-bond acceptors (Lipinski definition) is 7. The van der Waals surface area contributed by atoms with Crippen molar-refractivity contribution in [1.82, 2.24) is 18.8 Å². The molecule has 2 aliphatic heterocycles. The molecule has 1 amide bonds. The molecule has 0 saturated carbocycles. The van der Waals surface area contributed by atoms with Gasteiger partial charge < -0.3 is 19.5 Å². The number of piperidine rings is 1. The SMILES string of the molecule is CCN(C)S(=O)(=O)Nc1ccc(F)c(Oc2ccc3ncn(C4COC5(CCN(C(=O)O)CC5)C4)c(=O)c3c2)c1F. The van der Waals surface area contributed by atoms with E-state index in [0.717, 1.165) is 16.4 Å². The summed E-state index contributed by atoms with van der Waals surface area (Å²) in [5.74, 6) is -3.23. The van der Waals surface area contributed by atoms with Gasteiger partial charge >= 0.3 is 16.3 Å². The number of rotatable bonds is 7. The molecule has 12 nitrogen and oxygen atoms in total. The number of carboxylic acid groups (broad SMARTS) is 1. The third kappa shape index (κ3) is 5.56. The summed E-state index contributed by atoms with van der Waals surface area (Å²) in [4.78, 5) is 30.4.